The number of hydrogen-bond donors (Lipinski definition) is 0. The minimum Gasteiger partial charge on any atom is -0.510 e. The number of ether oxygens (including phenoxy) is 2. The molecule has 0 amide bonds. The van der Waals surface area contributed by atoms with Crippen LogP contribution >= 0.6 is 0 Å². The van der Waals surface area contributed by atoms with E-state index >= 15 is 0 Å². The van der Waals surface area contributed by atoms with Crippen LogP contribution in [-0.2, 0) is 26.5 Å². The van der Waals surface area contributed by atoms with E-state index in [4.69, 9.17) is 14.5 Å². The second-order valence-corrected chi connectivity index (χ2v) is 15.7. The van der Waals surface area contributed by atoms with Crippen LogP contribution in [0.3, 0.4) is 0 Å². The molecule has 59 heavy (non-hydrogen) atoms. The van der Waals surface area contributed by atoms with Crippen LogP contribution in [-0.4, -0.2) is 14.1 Å². The van der Waals surface area contributed by atoms with Gasteiger partial charge in [0.15, 0.2) is 0 Å². The van der Waals surface area contributed by atoms with Gasteiger partial charge in [-0.15, -0.1) is 18.2 Å². The number of para-hydroxylation sites is 5. The summed E-state index contributed by atoms with van der Waals surface area (Å²) in [5.41, 5.74) is 11.5. The molecule has 0 radical (unpaired) electrons. The summed E-state index contributed by atoms with van der Waals surface area (Å²) < 4.78 is 20.2. The molecule has 4 heterocycles. The number of pyridine rings is 1. The third-order valence-electron chi connectivity index (χ3n) is 10.9. The molecule has 0 saturated carbocycles. The molecule has 10 aromatic rings. The van der Waals surface area contributed by atoms with Gasteiger partial charge in [0.1, 0.15) is 0 Å². The molecule has 11 rings (SSSR count). The maximum absolute atomic E-state index is 7.04. The number of aromatic nitrogens is 4. The monoisotopic (exact) mass is 943 g/mol. The number of rotatable bonds is 1. The van der Waals surface area contributed by atoms with E-state index in [0.29, 0.717) is 23.1 Å². The summed E-state index contributed by atoms with van der Waals surface area (Å²) >= 11 is 0. The quantitative estimate of drug-likeness (QED) is 0.122. The Morgan fingerprint density at radius 2 is 1.31 bits per heavy atom. The van der Waals surface area contributed by atoms with Gasteiger partial charge in [-0.1, -0.05) is 135 Å². The molecule has 7 heteroatoms. The maximum Gasteiger partial charge on any atom is 0.268 e. The first-order valence-corrected chi connectivity index (χ1v) is 19.5. The Balaban J connectivity index is 0.00000420. The zero-order valence-corrected chi connectivity index (χ0v) is 34.8. The number of hydrogen-bond acceptors (Lipinski definition) is 3. The topological polar surface area (TPSA) is 45.1 Å². The number of imidazole rings is 1. The SMILES string of the molecule is CC(C)(C)c1cc2nc(c1)-c1ccccc1-c1ccccc1-[n+]1[c-]n(c3ccccc31)-c1[c-]c(ccc1)Oc1[c-]c(c3c4ccccc4n(-c4ccccc4)c3c1)O2.[Pt]. The molecule has 6 nitrogen and oxygen atoms in total. The van der Waals surface area contributed by atoms with Crippen molar-refractivity contribution in [3.05, 3.63) is 188 Å². The first-order valence-electron chi connectivity index (χ1n) is 19.5. The van der Waals surface area contributed by atoms with Crippen molar-refractivity contribution in [2.24, 2.45) is 0 Å². The smallest absolute Gasteiger partial charge is 0.268 e. The second-order valence-electron chi connectivity index (χ2n) is 15.7. The predicted molar refractivity (Wildman–Crippen MR) is 230 cm³/mol. The van der Waals surface area contributed by atoms with Crippen molar-refractivity contribution in [3.63, 3.8) is 0 Å². The molecule has 8 bridgehead atoms. The van der Waals surface area contributed by atoms with Crippen molar-refractivity contribution < 1.29 is 35.1 Å². The molecule has 3 aromatic heterocycles. The Labute approximate surface area is 356 Å². The largest absolute Gasteiger partial charge is 0.510 e. The standard InChI is InChI=1S/C52H36N4O2.Pt/c1-52(2,3)34-28-43-40-21-8-7-20-39(40)41-22-9-11-24-44(41)55-33-54(46-26-13-14-27-47(46)55)36-18-15-19-37(30-36)57-38-31-48-51(49(32-38)58-50(29-34)53-43)42-23-10-12-25-45(42)56(48)35-16-5-4-6-17-35;/h4-29,31H,1-3H3;/q-2;. The zero-order chi connectivity index (χ0) is 39.0. The Morgan fingerprint density at radius 3 is 2.14 bits per heavy atom. The minimum absolute atomic E-state index is 0. The molecule has 288 valence electrons. The summed E-state index contributed by atoms with van der Waals surface area (Å²) in [6, 6.07) is 63.4. The molecule has 0 saturated heterocycles. The summed E-state index contributed by atoms with van der Waals surface area (Å²) in [7, 11) is 0. The van der Waals surface area contributed by atoms with Crippen molar-refractivity contribution in [2.45, 2.75) is 26.2 Å². The van der Waals surface area contributed by atoms with Crippen LogP contribution in [0.1, 0.15) is 26.3 Å². The number of nitrogens with zero attached hydrogens (tertiary/aromatic N) is 4. The van der Waals surface area contributed by atoms with Crippen LogP contribution in [0.15, 0.2) is 164 Å². The van der Waals surface area contributed by atoms with Crippen molar-refractivity contribution in [1.29, 1.82) is 0 Å². The molecule has 1 aliphatic heterocycles. The maximum atomic E-state index is 7.04. The van der Waals surface area contributed by atoms with Gasteiger partial charge >= 0.3 is 0 Å². The summed E-state index contributed by atoms with van der Waals surface area (Å²) in [5.74, 6) is 2.01. The predicted octanol–water partition coefficient (Wildman–Crippen LogP) is 12.3. The van der Waals surface area contributed by atoms with E-state index in [9.17, 15) is 0 Å². The molecule has 0 fully saturated rings. The Kier molecular flexibility index (Phi) is 8.84. The molecule has 1 aliphatic rings. The van der Waals surface area contributed by atoms with E-state index in [1.807, 2.05) is 34.9 Å². The van der Waals surface area contributed by atoms with E-state index in [-0.39, 0.29) is 26.5 Å². The van der Waals surface area contributed by atoms with E-state index in [1.54, 1.807) is 0 Å². The molecular weight excluding hydrogens is 908 g/mol. The van der Waals surface area contributed by atoms with Gasteiger partial charge < -0.3 is 18.6 Å². The molecule has 0 N–H and O–H groups in total. The van der Waals surface area contributed by atoms with Crippen molar-refractivity contribution in [1.82, 2.24) is 14.1 Å². The van der Waals surface area contributed by atoms with E-state index < -0.39 is 0 Å². The van der Waals surface area contributed by atoms with Crippen LogP contribution in [0.2, 0.25) is 0 Å². The molecule has 0 unspecified atom stereocenters. The first-order chi connectivity index (χ1) is 28.4. The average molecular weight is 944 g/mol. The fraction of sp³-hybridized carbons (Fsp3) is 0.0769. The number of fused-ring (bicyclic) bond motifs is 21. The van der Waals surface area contributed by atoms with Gasteiger partial charge in [0, 0.05) is 61.1 Å². The van der Waals surface area contributed by atoms with Crippen LogP contribution in [0.25, 0.3) is 72.3 Å². The molecule has 0 aliphatic carbocycles. The molecule has 0 atom stereocenters. The Hall–Kier alpha value is -6.75. The second kappa shape index (κ2) is 14.3. The van der Waals surface area contributed by atoms with Gasteiger partial charge in [0.05, 0.1) is 22.4 Å². The van der Waals surface area contributed by atoms with E-state index in [1.165, 1.54) is 0 Å². The minimum atomic E-state index is -0.208. The van der Waals surface area contributed by atoms with E-state index in [0.717, 1.165) is 77.8 Å². The van der Waals surface area contributed by atoms with Gasteiger partial charge in [-0.25, -0.2) is 4.98 Å². The third kappa shape index (κ3) is 6.23. The normalized spacial score (nSPS) is 12.1. The summed E-state index contributed by atoms with van der Waals surface area (Å²) in [4.78, 5) is 5.30. The van der Waals surface area contributed by atoms with Crippen LogP contribution in [0, 0.1) is 18.5 Å². The average Bonchev–Trinajstić information content (AvgIpc) is 3.80. The summed E-state index contributed by atoms with van der Waals surface area (Å²) in [6.07, 6.45) is 3.69. The van der Waals surface area contributed by atoms with E-state index in [2.05, 4.69) is 182 Å². The Morgan fingerprint density at radius 1 is 0.593 bits per heavy atom. The van der Waals surface area contributed by atoms with Gasteiger partial charge in [-0.05, 0) is 69.0 Å². The third-order valence-corrected chi connectivity index (χ3v) is 10.9. The van der Waals surface area contributed by atoms with Crippen molar-refractivity contribution >= 4 is 32.8 Å². The van der Waals surface area contributed by atoms with Gasteiger partial charge in [-0.2, -0.15) is 12.1 Å². The van der Waals surface area contributed by atoms with Crippen molar-refractivity contribution in [2.75, 3.05) is 0 Å². The fourth-order valence-electron chi connectivity index (χ4n) is 8.19. The Bertz CT molecular complexity index is 3230. The number of benzene rings is 7. The van der Waals surface area contributed by atoms with Gasteiger partial charge in [0.2, 0.25) is 5.88 Å². The first kappa shape index (κ1) is 36.6. The summed E-state index contributed by atoms with van der Waals surface area (Å²) in [6.45, 7) is 6.65. The van der Waals surface area contributed by atoms with Crippen LogP contribution < -0.4 is 14.0 Å². The van der Waals surface area contributed by atoms with Crippen molar-refractivity contribution in [3.8, 4) is 62.6 Å². The molecular formula is C52H36N4O2Pt-2. The van der Waals surface area contributed by atoms with Crippen LogP contribution in [0.4, 0.5) is 0 Å². The van der Waals surface area contributed by atoms with Gasteiger partial charge in [-0.3, -0.25) is 4.57 Å². The molecule has 7 aromatic carbocycles. The summed E-state index contributed by atoms with van der Waals surface area (Å²) in [5, 5.41) is 1.95. The zero-order valence-electron chi connectivity index (χ0n) is 32.5. The van der Waals surface area contributed by atoms with Gasteiger partial charge in [0.25, 0.3) is 6.33 Å². The molecule has 0 spiro atoms. The van der Waals surface area contributed by atoms with Crippen LogP contribution in [0.5, 0.6) is 23.1 Å². The fourth-order valence-corrected chi connectivity index (χ4v) is 8.19.